The second-order valence-electron chi connectivity index (χ2n) is 10.9. The van der Waals surface area contributed by atoms with E-state index in [4.69, 9.17) is 4.74 Å². The molecule has 0 aliphatic heterocycles. The molecule has 2 amide bonds. The lowest BCUT2D eigenvalue weighted by Crippen LogP contribution is -2.53. The van der Waals surface area contributed by atoms with E-state index in [1.165, 1.54) is 16.7 Å². The van der Waals surface area contributed by atoms with Crippen molar-refractivity contribution in [2.75, 3.05) is 24.2 Å². The molecule has 0 aromatic heterocycles. The van der Waals surface area contributed by atoms with Gasteiger partial charge in [-0.15, -0.1) is 11.8 Å². The molecule has 1 unspecified atom stereocenters. The fourth-order valence-corrected chi connectivity index (χ4v) is 7.02. The molecule has 0 radical (unpaired) electrons. The van der Waals surface area contributed by atoms with Crippen molar-refractivity contribution in [2.24, 2.45) is 0 Å². The van der Waals surface area contributed by atoms with Gasteiger partial charge in [0.1, 0.15) is 18.3 Å². The van der Waals surface area contributed by atoms with Crippen molar-refractivity contribution in [2.45, 2.75) is 74.4 Å². The van der Waals surface area contributed by atoms with Gasteiger partial charge in [0.05, 0.1) is 17.7 Å². The van der Waals surface area contributed by atoms with Gasteiger partial charge in [-0.25, -0.2) is 8.42 Å². The highest BCUT2D eigenvalue weighted by Gasteiger charge is 2.33. The van der Waals surface area contributed by atoms with E-state index >= 15 is 0 Å². The smallest absolute Gasteiger partial charge is 0.264 e. The van der Waals surface area contributed by atoms with Gasteiger partial charge in [-0.3, -0.25) is 13.9 Å². The Hall–Kier alpha value is -3.50. The number of methoxy groups -OCH3 is 1. The van der Waals surface area contributed by atoms with Crippen molar-refractivity contribution in [3.05, 3.63) is 83.9 Å². The lowest BCUT2D eigenvalue weighted by Gasteiger charge is -2.33. The summed E-state index contributed by atoms with van der Waals surface area (Å²) >= 11 is 1.52. The number of ether oxygens (including phenoxy) is 1. The Kier molecular flexibility index (Phi) is 11.2. The number of nitrogens with one attached hydrogen (secondary N) is 1. The molecule has 1 fully saturated rings. The number of benzene rings is 3. The Morgan fingerprint density at radius 3 is 2.16 bits per heavy atom. The molecule has 0 heterocycles. The molecule has 1 aliphatic rings. The van der Waals surface area contributed by atoms with Crippen LogP contribution in [0.2, 0.25) is 0 Å². The van der Waals surface area contributed by atoms with Crippen molar-refractivity contribution >= 4 is 39.3 Å². The van der Waals surface area contributed by atoms with Gasteiger partial charge in [-0.2, -0.15) is 0 Å². The van der Waals surface area contributed by atoms with Crippen LogP contribution in [-0.2, 0) is 26.2 Å². The van der Waals surface area contributed by atoms with Crippen molar-refractivity contribution in [1.29, 1.82) is 0 Å². The summed E-state index contributed by atoms with van der Waals surface area (Å²) in [6.45, 7) is 3.28. The van der Waals surface area contributed by atoms with E-state index in [1.807, 2.05) is 37.4 Å². The molecule has 8 nitrogen and oxygen atoms in total. The maximum atomic E-state index is 14.1. The second kappa shape index (κ2) is 14.8. The van der Waals surface area contributed by atoms with Crippen molar-refractivity contribution < 1.29 is 22.7 Å². The Morgan fingerprint density at radius 1 is 0.953 bits per heavy atom. The van der Waals surface area contributed by atoms with Gasteiger partial charge in [-0.1, -0.05) is 49.1 Å². The van der Waals surface area contributed by atoms with E-state index in [0.29, 0.717) is 11.4 Å². The third-order valence-electron chi connectivity index (χ3n) is 7.88. The number of sulfonamides is 1. The fraction of sp³-hybridized carbons (Fsp3) is 0.394. The number of anilines is 1. The standard InChI is InChI=1S/C33H41N3O5S2/c1-24-10-14-28(15-11-24)36(43(39,40)31-20-18-30(42-4)19-21-31)23-32(37)35(22-26-12-16-29(41-3)17-13-26)25(2)33(38)34-27-8-6-5-7-9-27/h10-21,25,27H,5-9,22-23H2,1-4H3,(H,34,38). The number of carbonyl (C=O) groups is 2. The maximum absolute atomic E-state index is 14.1. The molecule has 3 aromatic carbocycles. The van der Waals surface area contributed by atoms with Crippen LogP contribution in [0, 0.1) is 6.92 Å². The predicted octanol–water partition coefficient (Wildman–Crippen LogP) is 5.79. The number of rotatable bonds is 12. The van der Waals surface area contributed by atoms with E-state index in [2.05, 4.69) is 5.32 Å². The fourth-order valence-electron chi connectivity index (χ4n) is 5.19. The highest BCUT2D eigenvalue weighted by molar-refractivity contribution is 7.98. The molecule has 0 saturated heterocycles. The molecule has 4 rings (SSSR count). The van der Waals surface area contributed by atoms with Gasteiger partial charge in [0.2, 0.25) is 11.8 Å². The van der Waals surface area contributed by atoms with Crippen molar-refractivity contribution in [1.82, 2.24) is 10.2 Å². The molecule has 1 N–H and O–H groups in total. The molecule has 1 aliphatic carbocycles. The predicted molar refractivity (Wildman–Crippen MR) is 172 cm³/mol. The first-order valence-electron chi connectivity index (χ1n) is 14.6. The zero-order chi connectivity index (χ0) is 31.0. The van der Waals surface area contributed by atoms with E-state index in [1.54, 1.807) is 62.6 Å². The van der Waals surface area contributed by atoms with Crippen LogP contribution in [0.25, 0.3) is 0 Å². The lowest BCUT2D eigenvalue weighted by molar-refractivity contribution is -0.139. The topological polar surface area (TPSA) is 96.0 Å². The Labute approximate surface area is 259 Å². The van der Waals surface area contributed by atoms with Crippen LogP contribution >= 0.6 is 11.8 Å². The third-order valence-corrected chi connectivity index (χ3v) is 10.4. The highest BCUT2D eigenvalue weighted by atomic mass is 32.2. The summed E-state index contributed by atoms with van der Waals surface area (Å²) in [6.07, 6.45) is 7.04. The third kappa shape index (κ3) is 8.32. The number of thioether (sulfide) groups is 1. The Bertz CT molecular complexity index is 1470. The molecule has 0 spiro atoms. The van der Waals surface area contributed by atoms with Crippen LogP contribution in [0.3, 0.4) is 0 Å². The minimum absolute atomic E-state index is 0.0790. The van der Waals surface area contributed by atoms with Crippen molar-refractivity contribution in [3.8, 4) is 5.75 Å². The normalized spacial score (nSPS) is 14.5. The van der Waals surface area contributed by atoms with Gasteiger partial charge in [0, 0.05) is 17.5 Å². The van der Waals surface area contributed by atoms with E-state index in [9.17, 15) is 18.0 Å². The molecule has 1 saturated carbocycles. The Balaban J connectivity index is 1.67. The van der Waals surface area contributed by atoms with Gasteiger partial charge < -0.3 is 15.0 Å². The molecule has 0 bridgehead atoms. The zero-order valence-corrected chi connectivity index (χ0v) is 26.9. The van der Waals surface area contributed by atoms with E-state index in [-0.39, 0.29) is 23.4 Å². The number of amides is 2. The number of carbonyl (C=O) groups excluding carboxylic acids is 2. The summed E-state index contributed by atoms with van der Waals surface area (Å²) in [7, 11) is -2.53. The quantitative estimate of drug-likeness (QED) is 0.257. The van der Waals surface area contributed by atoms with Crippen LogP contribution in [0.1, 0.15) is 50.2 Å². The van der Waals surface area contributed by atoms with Crippen LogP contribution in [0.4, 0.5) is 5.69 Å². The van der Waals surface area contributed by atoms with Gasteiger partial charge in [-0.05, 0) is 87.0 Å². The van der Waals surface area contributed by atoms with Crippen molar-refractivity contribution in [3.63, 3.8) is 0 Å². The SMILES string of the molecule is COc1ccc(CN(C(=O)CN(c2ccc(C)cc2)S(=O)(=O)c2ccc(SC)cc2)C(C)C(=O)NC2CCCCC2)cc1. The molecule has 230 valence electrons. The highest BCUT2D eigenvalue weighted by Crippen LogP contribution is 2.27. The molecular weight excluding hydrogens is 583 g/mol. The van der Waals surface area contributed by atoms with Crippen LogP contribution in [0.15, 0.2) is 82.6 Å². The monoisotopic (exact) mass is 623 g/mol. The molecule has 10 heteroatoms. The minimum Gasteiger partial charge on any atom is -0.497 e. The van der Waals surface area contributed by atoms with E-state index < -0.39 is 28.5 Å². The average molecular weight is 624 g/mol. The van der Waals surface area contributed by atoms with Crippen LogP contribution < -0.4 is 14.4 Å². The summed E-state index contributed by atoms with van der Waals surface area (Å²) in [4.78, 5) is 30.1. The average Bonchev–Trinajstić information content (AvgIpc) is 3.03. The second-order valence-corrected chi connectivity index (χ2v) is 13.7. The minimum atomic E-state index is -4.11. The summed E-state index contributed by atoms with van der Waals surface area (Å²) < 4.78 is 34.5. The molecular formula is C33H41N3O5S2. The van der Waals surface area contributed by atoms with Crippen LogP contribution in [0.5, 0.6) is 5.75 Å². The lowest BCUT2D eigenvalue weighted by atomic mass is 9.95. The largest absolute Gasteiger partial charge is 0.497 e. The van der Waals surface area contributed by atoms with Gasteiger partial charge in [0.15, 0.2) is 0 Å². The molecule has 3 aromatic rings. The van der Waals surface area contributed by atoms with Gasteiger partial charge in [0.25, 0.3) is 10.0 Å². The summed E-state index contributed by atoms with van der Waals surface area (Å²) in [5.41, 5.74) is 2.13. The first kappa shape index (κ1) is 32.4. The zero-order valence-electron chi connectivity index (χ0n) is 25.3. The number of hydrogen-bond acceptors (Lipinski definition) is 6. The summed E-state index contributed by atoms with van der Waals surface area (Å²) in [6, 6.07) is 20.2. The first-order valence-corrected chi connectivity index (χ1v) is 17.2. The first-order chi connectivity index (χ1) is 20.6. The van der Waals surface area contributed by atoms with E-state index in [0.717, 1.165) is 52.4 Å². The Morgan fingerprint density at radius 2 is 1.58 bits per heavy atom. The number of nitrogens with zero attached hydrogens (tertiary/aromatic N) is 2. The number of aryl methyl sites for hydroxylation is 1. The summed E-state index contributed by atoms with van der Waals surface area (Å²) in [5.74, 6) is -0.0491. The maximum Gasteiger partial charge on any atom is 0.264 e. The molecule has 43 heavy (non-hydrogen) atoms. The van der Waals surface area contributed by atoms with Crippen LogP contribution in [-0.4, -0.2) is 57.1 Å². The number of hydrogen-bond donors (Lipinski definition) is 1. The summed E-state index contributed by atoms with van der Waals surface area (Å²) in [5, 5.41) is 3.13. The van der Waals surface area contributed by atoms with Gasteiger partial charge >= 0.3 is 0 Å². The molecule has 1 atom stereocenters.